The summed E-state index contributed by atoms with van der Waals surface area (Å²) in [7, 11) is 0. The Morgan fingerprint density at radius 2 is 2.20 bits per heavy atom. The maximum atomic E-state index is 5.53. The molecule has 1 aromatic rings. The lowest BCUT2D eigenvalue weighted by molar-refractivity contribution is 1.11. The summed E-state index contributed by atoms with van der Waals surface area (Å²) in [4.78, 5) is 4.16. The maximum Gasteiger partial charge on any atom is 0.181 e. The van der Waals surface area contributed by atoms with Crippen LogP contribution in [0.3, 0.4) is 0 Å². The largest absolute Gasteiger partial charge is 0.375 e. The lowest BCUT2D eigenvalue weighted by Crippen LogP contribution is -2.22. The molecule has 0 atom stereocenters. The lowest BCUT2D eigenvalue weighted by atomic mass is 10.2. The first kappa shape index (κ1) is 5.92. The molecule has 0 spiro atoms. The van der Waals surface area contributed by atoms with Crippen molar-refractivity contribution in [3.8, 4) is 0 Å². The Morgan fingerprint density at radius 1 is 1.40 bits per heavy atom. The van der Waals surface area contributed by atoms with E-state index in [2.05, 4.69) is 17.1 Å². The van der Waals surface area contributed by atoms with Crippen molar-refractivity contribution in [1.82, 2.24) is 4.98 Å². The second-order valence-electron chi connectivity index (χ2n) is 2.29. The standard InChI is InChI=1S/C7H8N2S/c8-7-9-5-3-1-2-4-6(5)10-7/h3-4H,1-2H2,(H2,8,9). The van der Waals surface area contributed by atoms with Crippen molar-refractivity contribution in [2.45, 2.75) is 12.8 Å². The summed E-state index contributed by atoms with van der Waals surface area (Å²) < 4.78 is 1.24. The summed E-state index contributed by atoms with van der Waals surface area (Å²) in [6.07, 6.45) is 6.58. The Bertz CT molecular complexity index is 317. The zero-order valence-corrected chi connectivity index (χ0v) is 6.32. The van der Waals surface area contributed by atoms with Crippen LogP contribution in [0.1, 0.15) is 12.8 Å². The summed E-state index contributed by atoms with van der Waals surface area (Å²) in [5.41, 5.74) is 5.53. The van der Waals surface area contributed by atoms with Crippen molar-refractivity contribution in [2.24, 2.45) is 0 Å². The third-order valence-electron chi connectivity index (χ3n) is 1.53. The van der Waals surface area contributed by atoms with Gasteiger partial charge in [0, 0.05) is 0 Å². The zero-order valence-electron chi connectivity index (χ0n) is 5.50. The van der Waals surface area contributed by atoms with Crippen LogP contribution in [0.25, 0.3) is 12.2 Å². The monoisotopic (exact) mass is 152 g/mol. The molecule has 0 radical (unpaired) electrons. The Hall–Kier alpha value is -0.830. The quantitative estimate of drug-likeness (QED) is 0.572. The number of nitrogens with two attached hydrogens (primary N) is 1. The Balaban J connectivity index is 2.83. The fourth-order valence-electron chi connectivity index (χ4n) is 1.09. The van der Waals surface area contributed by atoms with Crippen LogP contribution in [0.5, 0.6) is 0 Å². The molecular weight excluding hydrogens is 144 g/mol. The molecule has 1 aromatic heterocycles. The molecule has 52 valence electrons. The van der Waals surface area contributed by atoms with E-state index in [-0.39, 0.29) is 0 Å². The van der Waals surface area contributed by atoms with Crippen molar-refractivity contribution in [3.05, 3.63) is 9.88 Å². The molecule has 0 saturated carbocycles. The zero-order chi connectivity index (χ0) is 6.97. The van der Waals surface area contributed by atoms with Crippen molar-refractivity contribution in [3.63, 3.8) is 0 Å². The van der Waals surface area contributed by atoms with Crippen molar-refractivity contribution >= 4 is 28.6 Å². The van der Waals surface area contributed by atoms with Crippen LogP contribution in [0.15, 0.2) is 0 Å². The van der Waals surface area contributed by atoms with Gasteiger partial charge in [-0.2, -0.15) is 0 Å². The van der Waals surface area contributed by atoms with E-state index in [9.17, 15) is 0 Å². The van der Waals surface area contributed by atoms with Crippen LogP contribution in [0, 0.1) is 0 Å². The van der Waals surface area contributed by atoms with E-state index in [0.29, 0.717) is 5.13 Å². The minimum absolute atomic E-state index is 0.680. The number of hydrogen-bond acceptors (Lipinski definition) is 3. The highest BCUT2D eigenvalue weighted by Gasteiger charge is 1.97. The smallest absolute Gasteiger partial charge is 0.181 e. The third-order valence-corrected chi connectivity index (χ3v) is 2.43. The van der Waals surface area contributed by atoms with Crippen molar-refractivity contribution in [2.75, 3.05) is 5.73 Å². The van der Waals surface area contributed by atoms with Crippen LogP contribution in [-0.2, 0) is 0 Å². The molecule has 0 saturated heterocycles. The van der Waals surface area contributed by atoms with Crippen LogP contribution >= 0.6 is 11.3 Å². The summed E-state index contributed by atoms with van der Waals surface area (Å²) in [5, 5.41) is 1.76. The van der Waals surface area contributed by atoms with Gasteiger partial charge in [0.25, 0.3) is 0 Å². The van der Waals surface area contributed by atoms with E-state index in [1.807, 2.05) is 0 Å². The highest BCUT2D eigenvalue weighted by molar-refractivity contribution is 7.13. The molecule has 2 N–H and O–H groups in total. The molecule has 0 aromatic carbocycles. The lowest BCUT2D eigenvalue weighted by Gasteiger charge is -1.89. The fraction of sp³-hybridized carbons (Fsp3) is 0.286. The average molecular weight is 152 g/mol. The van der Waals surface area contributed by atoms with Gasteiger partial charge in [-0.05, 0) is 12.8 Å². The molecule has 2 rings (SSSR count). The first-order chi connectivity index (χ1) is 4.86. The van der Waals surface area contributed by atoms with Gasteiger partial charge in [-0.3, -0.25) is 0 Å². The van der Waals surface area contributed by atoms with Gasteiger partial charge >= 0.3 is 0 Å². The van der Waals surface area contributed by atoms with E-state index in [0.717, 1.165) is 18.2 Å². The van der Waals surface area contributed by atoms with Crippen LogP contribution in [0.4, 0.5) is 5.13 Å². The molecule has 0 bridgehead atoms. The minimum Gasteiger partial charge on any atom is -0.375 e. The topological polar surface area (TPSA) is 38.9 Å². The summed E-state index contributed by atoms with van der Waals surface area (Å²) in [5.74, 6) is 0. The van der Waals surface area contributed by atoms with Crippen LogP contribution < -0.4 is 15.6 Å². The first-order valence-corrected chi connectivity index (χ1v) is 4.10. The Kier molecular flexibility index (Phi) is 1.24. The number of nitrogens with zero attached hydrogens (tertiary/aromatic N) is 1. The number of hydrogen-bond donors (Lipinski definition) is 1. The fourth-order valence-corrected chi connectivity index (χ4v) is 1.89. The van der Waals surface area contributed by atoms with Crippen molar-refractivity contribution in [1.29, 1.82) is 0 Å². The van der Waals surface area contributed by atoms with Gasteiger partial charge in [-0.25, -0.2) is 4.98 Å². The van der Waals surface area contributed by atoms with E-state index in [1.165, 1.54) is 4.53 Å². The highest BCUT2D eigenvalue weighted by atomic mass is 32.1. The molecule has 1 heterocycles. The molecule has 10 heavy (non-hydrogen) atoms. The predicted molar refractivity (Wildman–Crippen MR) is 43.9 cm³/mol. The van der Waals surface area contributed by atoms with E-state index in [1.54, 1.807) is 11.3 Å². The minimum atomic E-state index is 0.680. The number of fused-ring (bicyclic) bond motifs is 1. The molecular formula is C7H8N2S. The normalized spacial score (nSPS) is 15.2. The van der Waals surface area contributed by atoms with E-state index in [4.69, 9.17) is 5.73 Å². The summed E-state index contributed by atoms with van der Waals surface area (Å²) >= 11 is 1.57. The van der Waals surface area contributed by atoms with Gasteiger partial charge in [0.15, 0.2) is 5.13 Å². The van der Waals surface area contributed by atoms with Gasteiger partial charge < -0.3 is 5.73 Å². The second-order valence-corrected chi connectivity index (χ2v) is 3.35. The van der Waals surface area contributed by atoms with Crippen molar-refractivity contribution < 1.29 is 0 Å². The molecule has 1 aliphatic carbocycles. The highest BCUT2D eigenvalue weighted by Crippen LogP contribution is 2.00. The Morgan fingerprint density at radius 3 is 3.00 bits per heavy atom. The number of aromatic nitrogens is 1. The molecule has 0 fully saturated rings. The summed E-state index contributed by atoms with van der Waals surface area (Å²) in [6.45, 7) is 0. The number of anilines is 1. The Labute approximate surface area is 62.7 Å². The van der Waals surface area contributed by atoms with E-state index < -0.39 is 0 Å². The average Bonchev–Trinajstić information content (AvgIpc) is 2.27. The molecule has 0 amide bonds. The predicted octanol–water partition coefficient (Wildman–Crippen LogP) is 0.0801. The summed E-state index contributed by atoms with van der Waals surface area (Å²) in [6, 6.07) is 0. The van der Waals surface area contributed by atoms with Gasteiger partial charge in [0.2, 0.25) is 0 Å². The molecule has 0 unspecified atom stereocenters. The third kappa shape index (κ3) is 0.827. The molecule has 2 nitrogen and oxygen atoms in total. The van der Waals surface area contributed by atoms with Gasteiger partial charge in [0.1, 0.15) is 0 Å². The molecule has 1 aliphatic rings. The molecule has 3 heteroatoms. The second kappa shape index (κ2) is 2.09. The van der Waals surface area contributed by atoms with Crippen LogP contribution in [0.2, 0.25) is 0 Å². The number of thiazole rings is 1. The molecule has 0 aliphatic heterocycles. The number of nitrogen functional groups attached to an aromatic ring is 1. The van der Waals surface area contributed by atoms with Gasteiger partial charge in [-0.15, -0.1) is 0 Å². The maximum absolute atomic E-state index is 5.53. The van der Waals surface area contributed by atoms with Gasteiger partial charge in [-0.1, -0.05) is 23.5 Å². The SMILES string of the molecule is Nc1nc2c(s1)=CCCC=2. The van der Waals surface area contributed by atoms with E-state index >= 15 is 0 Å². The number of rotatable bonds is 0. The van der Waals surface area contributed by atoms with Crippen LogP contribution in [-0.4, -0.2) is 4.98 Å². The van der Waals surface area contributed by atoms with Gasteiger partial charge in [0.05, 0.1) is 9.88 Å². The first-order valence-electron chi connectivity index (χ1n) is 3.29.